The lowest BCUT2D eigenvalue weighted by molar-refractivity contribution is -0.112. The predicted molar refractivity (Wildman–Crippen MR) is 99.7 cm³/mol. The zero-order valence-corrected chi connectivity index (χ0v) is 15.1. The van der Waals surface area contributed by atoms with E-state index < -0.39 is 11.7 Å². The molecule has 0 unspecified atom stereocenters. The van der Waals surface area contributed by atoms with E-state index in [0.717, 1.165) is 6.54 Å². The van der Waals surface area contributed by atoms with E-state index in [0.29, 0.717) is 22.5 Å². The number of carbonyl (C=O) groups is 2. The molecule has 6 nitrogen and oxygen atoms in total. The zero-order valence-electron chi connectivity index (χ0n) is 13.6. The fourth-order valence-electron chi connectivity index (χ4n) is 2.84. The minimum absolute atomic E-state index is 0.163. The highest BCUT2D eigenvalue weighted by molar-refractivity contribution is 6.50. The summed E-state index contributed by atoms with van der Waals surface area (Å²) in [5.74, 6) is -0.866. The quantitative estimate of drug-likeness (QED) is 0.529. The van der Waals surface area contributed by atoms with Gasteiger partial charge in [0, 0.05) is 36.7 Å². The smallest absolute Gasteiger partial charge is 0.296 e. The third-order valence-electron chi connectivity index (χ3n) is 4.33. The van der Waals surface area contributed by atoms with Crippen LogP contribution in [0.3, 0.4) is 0 Å². The summed E-state index contributed by atoms with van der Waals surface area (Å²) in [5, 5.41) is 3.46. The Hall–Kier alpha value is -2.44. The van der Waals surface area contributed by atoms with E-state index in [9.17, 15) is 9.59 Å². The third-order valence-corrected chi connectivity index (χ3v) is 4.90. The summed E-state index contributed by atoms with van der Waals surface area (Å²) in [6.45, 7) is 0.796. The molecule has 0 saturated heterocycles. The molecular weight excluding hydrogens is 375 g/mol. The maximum Gasteiger partial charge on any atom is 0.296 e. The second kappa shape index (κ2) is 6.70. The molecule has 8 heteroatoms. The number of fused-ring (bicyclic) bond motifs is 1. The van der Waals surface area contributed by atoms with Crippen molar-refractivity contribution in [1.82, 2.24) is 14.5 Å². The van der Waals surface area contributed by atoms with Crippen LogP contribution in [0, 0.1) is 5.92 Å². The van der Waals surface area contributed by atoms with Gasteiger partial charge in [0.05, 0.1) is 21.3 Å². The van der Waals surface area contributed by atoms with Crippen LogP contribution < -0.4 is 5.32 Å². The summed E-state index contributed by atoms with van der Waals surface area (Å²) in [6, 6.07) is 3.54. The largest absolute Gasteiger partial charge is 0.331 e. The highest BCUT2D eigenvalue weighted by Gasteiger charge is 2.26. The van der Waals surface area contributed by atoms with Gasteiger partial charge in [-0.1, -0.05) is 23.2 Å². The lowest BCUT2D eigenvalue weighted by atomic mass is 10.1. The van der Waals surface area contributed by atoms with Gasteiger partial charge in [-0.15, -0.1) is 0 Å². The molecular formula is C18H14Cl2N4O2. The van der Waals surface area contributed by atoms with E-state index >= 15 is 0 Å². The van der Waals surface area contributed by atoms with Crippen LogP contribution in [0.25, 0.3) is 11.0 Å². The standard InChI is InChI=1S/C18H14Cl2N4O2/c19-13-6-21-7-14(20)15(13)23-18(26)16(25)12-9-24(8-10-3-4-10)17-11(12)2-1-5-22-17/h1-2,5-7,9-10H,3-4,8H2,(H,21,23,26). The van der Waals surface area contributed by atoms with Crippen LogP contribution >= 0.6 is 23.2 Å². The Balaban J connectivity index is 1.66. The van der Waals surface area contributed by atoms with Gasteiger partial charge in [-0.25, -0.2) is 4.98 Å². The second-order valence-corrected chi connectivity index (χ2v) is 7.09. The molecule has 1 fully saturated rings. The SMILES string of the molecule is O=C(Nc1c(Cl)cncc1Cl)C(=O)c1cn(CC2CC2)c2ncccc12. The van der Waals surface area contributed by atoms with Crippen molar-refractivity contribution in [2.75, 3.05) is 5.32 Å². The highest BCUT2D eigenvalue weighted by Crippen LogP contribution is 2.33. The number of pyridine rings is 2. The molecule has 1 aliphatic carbocycles. The predicted octanol–water partition coefficient (Wildman–Crippen LogP) is 3.97. The molecule has 1 aliphatic rings. The molecule has 0 spiro atoms. The van der Waals surface area contributed by atoms with Crippen LogP contribution in [-0.4, -0.2) is 26.2 Å². The first kappa shape index (κ1) is 17.0. The van der Waals surface area contributed by atoms with Crippen molar-refractivity contribution in [1.29, 1.82) is 0 Å². The van der Waals surface area contributed by atoms with E-state index in [1.54, 1.807) is 24.5 Å². The van der Waals surface area contributed by atoms with E-state index in [1.165, 1.54) is 25.2 Å². The maximum absolute atomic E-state index is 12.7. The van der Waals surface area contributed by atoms with Crippen LogP contribution in [0.5, 0.6) is 0 Å². The molecule has 26 heavy (non-hydrogen) atoms. The highest BCUT2D eigenvalue weighted by atomic mass is 35.5. The van der Waals surface area contributed by atoms with Crippen LogP contribution in [0.15, 0.2) is 36.9 Å². The first-order valence-corrected chi connectivity index (χ1v) is 8.88. The molecule has 1 saturated carbocycles. The van der Waals surface area contributed by atoms with Crippen LogP contribution in [0.4, 0.5) is 5.69 Å². The topological polar surface area (TPSA) is 76.9 Å². The number of hydrogen-bond acceptors (Lipinski definition) is 4. The Labute approximate surface area is 159 Å². The molecule has 3 aromatic rings. The number of rotatable bonds is 5. The second-order valence-electron chi connectivity index (χ2n) is 6.27. The van der Waals surface area contributed by atoms with Gasteiger partial charge < -0.3 is 9.88 Å². The molecule has 0 radical (unpaired) electrons. The van der Waals surface area contributed by atoms with Crippen molar-refractivity contribution in [3.63, 3.8) is 0 Å². The molecule has 1 amide bonds. The number of amides is 1. The van der Waals surface area contributed by atoms with Crippen molar-refractivity contribution in [3.8, 4) is 0 Å². The molecule has 1 N–H and O–H groups in total. The van der Waals surface area contributed by atoms with Gasteiger partial charge >= 0.3 is 0 Å². The zero-order chi connectivity index (χ0) is 18.3. The molecule has 4 rings (SSSR count). The number of nitrogens with one attached hydrogen (secondary N) is 1. The summed E-state index contributed by atoms with van der Waals surface area (Å²) in [4.78, 5) is 33.4. The molecule has 0 aromatic carbocycles. The summed E-state index contributed by atoms with van der Waals surface area (Å²) in [5.41, 5.74) is 1.18. The Morgan fingerprint density at radius 2 is 1.96 bits per heavy atom. The molecule has 0 atom stereocenters. The molecule has 0 bridgehead atoms. The number of hydrogen-bond donors (Lipinski definition) is 1. The average molecular weight is 389 g/mol. The van der Waals surface area contributed by atoms with Crippen LogP contribution in [0.2, 0.25) is 10.0 Å². The lowest BCUT2D eigenvalue weighted by Crippen LogP contribution is -2.23. The molecule has 0 aliphatic heterocycles. The van der Waals surface area contributed by atoms with Crippen molar-refractivity contribution < 1.29 is 9.59 Å². The fraction of sp³-hybridized carbons (Fsp3) is 0.222. The van der Waals surface area contributed by atoms with Crippen LogP contribution in [0.1, 0.15) is 23.2 Å². The van der Waals surface area contributed by atoms with Gasteiger partial charge in [0.25, 0.3) is 11.7 Å². The summed E-state index contributed by atoms with van der Waals surface area (Å²) in [6.07, 6.45) is 8.42. The summed E-state index contributed by atoms with van der Waals surface area (Å²) >= 11 is 12.0. The van der Waals surface area contributed by atoms with Crippen molar-refractivity contribution in [2.24, 2.45) is 5.92 Å². The minimum Gasteiger partial charge on any atom is -0.331 e. The van der Waals surface area contributed by atoms with E-state index in [4.69, 9.17) is 23.2 Å². The number of carbonyl (C=O) groups excluding carboxylic acids is 2. The van der Waals surface area contributed by atoms with Crippen molar-refractivity contribution in [2.45, 2.75) is 19.4 Å². The monoisotopic (exact) mass is 388 g/mol. The number of halogens is 2. The van der Waals surface area contributed by atoms with Crippen LogP contribution in [-0.2, 0) is 11.3 Å². The minimum atomic E-state index is -0.811. The van der Waals surface area contributed by atoms with Gasteiger partial charge in [-0.05, 0) is 30.9 Å². The van der Waals surface area contributed by atoms with Gasteiger partial charge in [-0.3, -0.25) is 14.6 Å². The first-order valence-electron chi connectivity index (χ1n) is 8.13. The summed E-state index contributed by atoms with van der Waals surface area (Å²) < 4.78 is 1.94. The molecule has 3 aromatic heterocycles. The first-order chi connectivity index (χ1) is 12.5. The number of anilines is 1. The number of ketones is 1. The van der Waals surface area contributed by atoms with Gasteiger partial charge in [0.1, 0.15) is 5.65 Å². The Morgan fingerprint density at radius 3 is 2.65 bits per heavy atom. The molecule has 132 valence electrons. The van der Waals surface area contributed by atoms with Gasteiger partial charge in [0.15, 0.2) is 0 Å². The Kier molecular flexibility index (Phi) is 4.38. The van der Waals surface area contributed by atoms with Gasteiger partial charge in [0.2, 0.25) is 0 Å². The Bertz CT molecular complexity index is 1010. The van der Waals surface area contributed by atoms with E-state index in [2.05, 4.69) is 15.3 Å². The van der Waals surface area contributed by atoms with Crippen molar-refractivity contribution in [3.05, 3.63) is 52.5 Å². The molecule has 3 heterocycles. The lowest BCUT2D eigenvalue weighted by Gasteiger charge is -2.07. The maximum atomic E-state index is 12.7. The van der Waals surface area contributed by atoms with E-state index in [1.807, 2.05) is 4.57 Å². The Morgan fingerprint density at radius 1 is 1.23 bits per heavy atom. The summed E-state index contributed by atoms with van der Waals surface area (Å²) in [7, 11) is 0. The van der Waals surface area contributed by atoms with Gasteiger partial charge in [-0.2, -0.15) is 0 Å². The third kappa shape index (κ3) is 3.18. The van der Waals surface area contributed by atoms with Crippen molar-refractivity contribution >= 4 is 51.6 Å². The number of aromatic nitrogens is 3. The fourth-order valence-corrected chi connectivity index (χ4v) is 3.30. The average Bonchev–Trinajstić information content (AvgIpc) is 3.38. The number of nitrogens with zero attached hydrogens (tertiary/aromatic N) is 3. The number of Topliss-reactive ketones (excluding diaryl/α,β-unsaturated/α-hetero) is 1. The van der Waals surface area contributed by atoms with E-state index in [-0.39, 0.29) is 15.7 Å². The normalized spacial score (nSPS) is 13.8.